The smallest absolute Gasteiger partial charge is 0.328 e. The standard InChI is InChI=1S/C21H32N4O7S/c1-12(27)17(20(30)24-16(11-26)21(31)32)25-19(29)15(10-13-6-4-3-5-7-13)23-18(28)14(22)8-9-33-2/h3-7,12,14-17,26-27H,8-11,22H2,1-2H3,(H,23,28)(H,24,30)(H,25,29)(H,31,32)/t12-,14+,15+,16+,17+/m1/s1. The first-order chi connectivity index (χ1) is 15.6. The van der Waals surface area contributed by atoms with Gasteiger partial charge in [-0.15, -0.1) is 0 Å². The molecule has 0 spiro atoms. The van der Waals surface area contributed by atoms with Gasteiger partial charge in [0.05, 0.1) is 18.8 Å². The number of nitrogens with two attached hydrogens (primary N) is 1. The number of hydrogen-bond acceptors (Lipinski definition) is 8. The minimum absolute atomic E-state index is 0.0935. The Kier molecular flexibility index (Phi) is 12.4. The van der Waals surface area contributed by atoms with Gasteiger partial charge in [-0.2, -0.15) is 11.8 Å². The van der Waals surface area contributed by atoms with Crippen molar-refractivity contribution in [3.05, 3.63) is 35.9 Å². The molecule has 11 nitrogen and oxygen atoms in total. The van der Waals surface area contributed by atoms with E-state index in [1.807, 2.05) is 6.26 Å². The first-order valence-corrected chi connectivity index (χ1v) is 11.7. The third-order valence-corrected chi connectivity index (χ3v) is 5.39. The summed E-state index contributed by atoms with van der Waals surface area (Å²) >= 11 is 1.53. The predicted molar refractivity (Wildman–Crippen MR) is 123 cm³/mol. The minimum atomic E-state index is -1.61. The number of benzene rings is 1. The quantitative estimate of drug-likeness (QED) is 0.160. The molecule has 0 fully saturated rings. The number of rotatable bonds is 14. The van der Waals surface area contributed by atoms with Crippen LogP contribution in [-0.2, 0) is 25.6 Å². The van der Waals surface area contributed by atoms with Gasteiger partial charge in [-0.25, -0.2) is 4.79 Å². The molecule has 0 aliphatic carbocycles. The fraction of sp³-hybridized carbons (Fsp3) is 0.524. The molecule has 0 saturated carbocycles. The van der Waals surface area contributed by atoms with Gasteiger partial charge < -0.3 is 37.0 Å². The van der Waals surface area contributed by atoms with E-state index in [9.17, 15) is 24.3 Å². The average molecular weight is 485 g/mol. The molecule has 5 atom stereocenters. The minimum Gasteiger partial charge on any atom is -0.480 e. The Bertz CT molecular complexity index is 794. The number of hydrogen-bond donors (Lipinski definition) is 7. The lowest BCUT2D eigenvalue weighted by Crippen LogP contribution is -2.60. The van der Waals surface area contributed by atoms with E-state index in [4.69, 9.17) is 15.9 Å². The molecule has 0 saturated heterocycles. The number of carboxylic acids is 1. The maximum absolute atomic E-state index is 13.0. The molecular weight excluding hydrogens is 452 g/mol. The van der Waals surface area contributed by atoms with Crippen LogP contribution in [0.3, 0.4) is 0 Å². The molecule has 0 unspecified atom stereocenters. The topological polar surface area (TPSA) is 191 Å². The Morgan fingerprint density at radius 1 is 1.00 bits per heavy atom. The van der Waals surface area contributed by atoms with Gasteiger partial charge in [0.25, 0.3) is 0 Å². The van der Waals surface area contributed by atoms with Crippen LogP contribution in [0.4, 0.5) is 0 Å². The molecule has 0 bridgehead atoms. The molecule has 1 rings (SSSR count). The highest BCUT2D eigenvalue weighted by molar-refractivity contribution is 7.98. The van der Waals surface area contributed by atoms with Gasteiger partial charge in [-0.3, -0.25) is 14.4 Å². The fourth-order valence-electron chi connectivity index (χ4n) is 2.82. The number of thioether (sulfide) groups is 1. The van der Waals surface area contributed by atoms with Crippen LogP contribution in [0.1, 0.15) is 18.9 Å². The number of aliphatic hydroxyl groups is 2. The van der Waals surface area contributed by atoms with E-state index in [0.29, 0.717) is 12.2 Å². The molecule has 8 N–H and O–H groups in total. The third kappa shape index (κ3) is 9.78. The van der Waals surface area contributed by atoms with Crippen LogP contribution < -0.4 is 21.7 Å². The van der Waals surface area contributed by atoms with Crippen LogP contribution in [0.25, 0.3) is 0 Å². The van der Waals surface area contributed by atoms with Crippen LogP contribution in [-0.4, -0.2) is 87.9 Å². The largest absolute Gasteiger partial charge is 0.480 e. The van der Waals surface area contributed by atoms with Crippen molar-refractivity contribution in [2.24, 2.45) is 5.73 Å². The summed E-state index contributed by atoms with van der Waals surface area (Å²) in [4.78, 5) is 49.0. The van der Waals surface area contributed by atoms with Crippen molar-refractivity contribution < 1.29 is 34.5 Å². The highest BCUT2D eigenvalue weighted by Crippen LogP contribution is 2.06. The summed E-state index contributed by atoms with van der Waals surface area (Å²) in [5.74, 6) is -3.12. The van der Waals surface area contributed by atoms with Crippen molar-refractivity contribution in [1.29, 1.82) is 0 Å². The SMILES string of the molecule is CSCC[C@H](N)C(=O)N[C@@H](Cc1ccccc1)C(=O)N[C@H](C(=O)N[C@@H](CO)C(=O)O)[C@@H](C)O. The summed E-state index contributed by atoms with van der Waals surface area (Å²) in [6, 6.07) is 3.78. The van der Waals surface area contributed by atoms with E-state index in [0.717, 1.165) is 5.56 Å². The summed E-state index contributed by atoms with van der Waals surface area (Å²) in [5.41, 5.74) is 6.64. The maximum atomic E-state index is 13.0. The summed E-state index contributed by atoms with van der Waals surface area (Å²) in [5, 5.41) is 35.1. The van der Waals surface area contributed by atoms with E-state index in [2.05, 4.69) is 16.0 Å². The van der Waals surface area contributed by atoms with Gasteiger partial charge in [-0.1, -0.05) is 30.3 Å². The van der Waals surface area contributed by atoms with Crippen LogP contribution in [0.15, 0.2) is 30.3 Å². The van der Waals surface area contributed by atoms with Crippen molar-refractivity contribution in [2.75, 3.05) is 18.6 Å². The molecule has 184 valence electrons. The van der Waals surface area contributed by atoms with Crippen molar-refractivity contribution in [2.45, 2.75) is 50.0 Å². The monoisotopic (exact) mass is 484 g/mol. The van der Waals surface area contributed by atoms with E-state index in [-0.39, 0.29) is 6.42 Å². The molecule has 0 aliphatic rings. The van der Waals surface area contributed by atoms with Gasteiger partial charge >= 0.3 is 5.97 Å². The van der Waals surface area contributed by atoms with Crippen molar-refractivity contribution in [3.8, 4) is 0 Å². The van der Waals surface area contributed by atoms with Gasteiger partial charge in [0.2, 0.25) is 17.7 Å². The molecule has 0 heterocycles. The predicted octanol–water partition coefficient (Wildman–Crippen LogP) is -1.78. The Hall–Kier alpha value is -2.67. The Morgan fingerprint density at radius 2 is 1.61 bits per heavy atom. The number of carbonyl (C=O) groups is 4. The number of nitrogens with one attached hydrogen (secondary N) is 3. The molecular formula is C21H32N4O7S. The van der Waals surface area contributed by atoms with E-state index >= 15 is 0 Å². The molecule has 12 heteroatoms. The molecule has 0 radical (unpaired) electrons. The van der Waals surface area contributed by atoms with Crippen molar-refractivity contribution >= 4 is 35.5 Å². The summed E-state index contributed by atoms with van der Waals surface area (Å²) in [7, 11) is 0. The highest BCUT2D eigenvalue weighted by Gasteiger charge is 2.32. The number of carbonyl (C=O) groups excluding carboxylic acids is 3. The lowest BCUT2D eigenvalue weighted by Gasteiger charge is -2.26. The van der Waals surface area contributed by atoms with Crippen molar-refractivity contribution in [3.63, 3.8) is 0 Å². The summed E-state index contributed by atoms with van der Waals surface area (Å²) in [6.45, 7) is 0.366. The van der Waals surface area contributed by atoms with Gasteiger partial charge in [0.1, 0.15) is 18.1 Å². The second-order valence-electron chi connectivity index (χ2n) is 7.45. The first kappa shape index (κ1) is 28.4. The molecule has 33 heavy (non-hydrogen) atoms. The molecule has 1 aromatic carbocycles. The van der Waals surface area contributed by atoms with E-state index in [1.54, 1.807) is 30.3 Å². The lowest BCUT2D eigenvalue weighted by atomic mass is 10.0. The second-order valence-corrected chi connectivity index (χ2v) is 8.43. The number of amides is 3. The second kappa shape index (κ2) is 14.5. The number of aliphatic carboxylic acids is 1. The van der Waals surface area contributed by atoms with Crippen LogP contribution in [0, 0.1) is 0 Å². The average Bonchev–Trinajstić information content (AvgIpc) is 2.78. The summed E-state index contributed by atoms with van der Waals surface area (Å²) in [6.07, 6.45) is 0.988. The van der Waals surface area contributed by atoms with Crippen LogP contribution in [0.5, 0.6) is 0 Å². The Labute approximate surface area is 196 Å². The number of carboxylic acid groups (broad SMARTS) is 1. The Balaban J connectivity index is 3.01. The van der Waals surface area contributed by atoms with Crippen LogP contribution >= 0.6 is 11.8 Å². The van der Waals surface area contributed by atoms with Gasteiger partial charge in [0, 0.05) is 6.42 Å². The van der Waals surface area contributed by atoms with E-state index < -0.39 is 60.6 Å². The molecule has 1 aromatic rings. The normalized spacial score (nSPS) is 15.4. The van der Waals surface area contributed by atoms with Gasteiger partial charge in [-0.05, 0) is 30.9 Å². The zero-order chi connectivity index (χ0) is 25.0. The lowest BCUT2D eigenvalue weighted by molar-refractivity contribution is -0.144. The highest BCUT2D eigenvalue weighted by atomic mass is 32.2. The third-order valence-electron chi connectivity index (χ3n) is 4.75. The fourth-order valence-corrected chi connectivity index (χ4v) is 3.31. The molecule has 0 aromatic heterocycles. The molecule has 3 amide bonds. The number of aliphatic hydroxyl groups excluding tert-OH is 2. The first-order valence-electron chi connectivity index (χ1n) is 10.3. The van der Waals surface area contributed by atoms with Crippen LogP contribution in [0.2, 0.25) is 0 Å². The zero-order valence-corrected chi connectivity index (χ0v) is 19.4. The van der Waals surface area contributed by atoms with Gasteiger partial charge in [0.15, 0.2) is 0 Å². The van der Waals surface area contributed by atoms with E-state index in [1.165, 1.54) is 18.7 Å². The Morgan fingerprint density at radius 3 is 2.12 bits per heavy atom. The van der Waals surface area contributed by atoms with Crippen molar-refractivity contribution in [1.82, 2.24) is 16.0 Å². The zero-order valence-electron chi connectivity index (χ0n) is 18.6. The summed E-state index contributed by atoms with van der Waals surface area (Å²) < 4.78 is 0. The molecule has 0 aliphatic heterocycles. The maximum Gasteiger partial charge on any atom is 0.328 e.